The van der Waals surface area contributed by atoms with Crippen molar-refractivity contribution in [3.8, 4) is 10.7 Å². The third-order valence-electron chi connectivity index (χ3n) is 1.26. The van der Waals surface area contributed by atoms with Gasteiger partial charge in [-0.25, -0.2) is 4.98 Å². The lowest BCUT2D eigenvalue weighted by atomic mass is 10.4. The average Bonchev–Trinajstić information content (AvgIpc) is 2.58. The highest BCUT2D eigenvalue weighted by Crippen LogP contribution is 2.17. The maximum atomic E-state index is 4.14. The lowest BCUT2D eigenvalue weighted by Gasteiger charge is -1.90. The molecule has 0 atom stereocenters. The van der Waals surface area contributed by atoms with Gasteiger partial charge in [0, 0.05) is 17.8 Å². The van der Waals surface area contributed by atoms with Crippen molar-refractivity contribution in [2.24, 2.45) is 0 Å². The van der Waals surface area contributed by atoms with Crippen LogP contribution in [0.25, 0.3) is 10.7 Å². The number of nitrogens with zero attached hydrogens (tertiary/aromatic N) is 2. The zero-order chi connectivity index (χ0) is 7.52. The van der Waals surface area contributed by atoms with Crippen molar-refractivity contribution in [2.45, 2.75) is 0 Å². The second-order valence-electron chi connectivity index (χ2n) is 1.98. The fourth-order valence-corrected chi connectivity index (χ4v) is 1.40. The van der Waals surface area contributed by atoms with Crippen molar-refractivity contribution in [2.75, 3.05) is 0 Å². The van der Waals surface area contributed by atoms with Crippen LogP contribution in [0.1, 0.15) is 0 Å². The highest BCUT2D eigenvalue weighted by molar-refractivity contribution is 7.13. The van der Waals surface area contributed by atoms with Gasteiger partial charge in [0.05, 0.1) is 5.69 Å². The quantitative estimate of drug-likeness (QED) is 0.639. The third kappa shape index (κ3) is 1.28. The summed E-state index contributed by atoms with van der Waals surface area (Å²) in [7, 11) is 0. The molecule has 2 aromatic heterocycles. The van der Waals surface area contributed by atoms with E-state index in [0.29, 0.717) is 0 Å². The third-order valence-corrected chi connectivity index (χ3v) is 2.05. The van der Waals surface area contributed by atoms with Gasteiger partial charge in [-0.05, 0) is 18.2 Å². The second-order valence-corrected chi connectivity index (χ2v) is 2.87. The van der Waals surface area contributed by atoms with Crippen molar-refractivity contribution in [1.29, 1.82) is 0 Å². The smallest absolute Gasteiger partial charge is 0.141 e. The van der Waals surface area contributed by atoms with Crippen LogP contribution in [0.15, 0.2) is 29.9 Å². The summed E-state index contributed by atoms with van der Waals surface area (Å²) in [6.07, 6.45) is 3.49. The van der Waals surface area contributed by atoms with E-state index in [9.17, 15) is 0 Å². The van der Waals surface area contributed by atoms with Gasteiger partial charge in [0.2, 0.25) is 0 Å². The number of hydrogen-bond donors (Lipinski definition) is 0. The summed E-state index contributed by atoms with van der Waals surface area (Å²) < 4.78 is 0. The van der Waals surface area contributed by atoms with Gasteiger partial charge in [-0.3, -0.25) is 4.98 Å². The first-order valence-corrected chi connectivity index (χ1v) is 4.07. The highest BCUT2D eigenvalue weighted by atomic mass is 32.1. The Kier molecular flexibility index (Phi) is 1.65. The number of hydrogen-bond acceptors (Lipinski definition) is 3. The molecule has 0 aliphatic heterocycles. The molecular weight excluding hydrogens is 156 g/mol. The highest BCUT2D eigenvalue weighted by Gasteiger charge is 1.97. The largest absolute Gasteiger partial charge is 0.254 e. The van der Waals surface area contributed by atoms with Crippen LogP contribution in [0.2, 0.25) is 0 Å². The van der Waals surface area contributed by atoms with E-state index in [-0.39, 0.29) is 0 Å². The van der Waals surface area contributed by atoms with Crippen LogP contribution in [0.4, 0.5) is 0 Å². The zero-order valence-electron chi connectivity index (χ0n) is 5.69. The Morgan fingerprint density at radius 3 is 2.91 bits per heavy atom. The van der Waals surface area contributed by atoms with Gasteiger partial charge >= 0.3 is 0 Å². The van der Waals surface area contributed by atoms with Crippen LogP contribution in [-0.2, 0) is 0 Å². The normalized spacial score (nSPS) is 9.82. The van der Waals surface area contributed by atoms with E-state index >= 15 is 0 Å². The number of pyridine rings is 1. The van der Waals surface area contributed by atoms with E-state index < -0.39 is 0 Å². The number of aromatic nitrogens is 2. The molecule has 0 aromatic carbocycles. The summed E-state index contributed by atoms with van der Waals surface area (Å²) in [5.41, 5.74) is 0.891. The van der Waals surface area contributed by atoms with Crippen LogP contribution in [-0.4, -0.2) is 9.97 Å². The summed E-state index contributed by atoms with van der Waals surface area (Å²) >= 11 is 1.58. The zero-order valence-corrected chi connectivity index (χ0v) is 6.51. The molecular formula is C8H5N2S. The molecule has 0 unspecified atom stereocenters. The van der Waals surface area contributed by atoms with E-state index in [4.69, 9.17) is 0 Å². The minimum absolute atomic E-state index is 0.891. The van der Waals surface area contributed by atoms with E-state index in [1.807, 2.05) is 11.4 Å². The molecule has 0 bridgehead atoms. The molecule has 2 nitrogen and oxygen atoms in total. The Balaban J connectivity index is 2.46. The monoisotopic (exact) mass is 161 g/mol. The predicted molar refractivity (Wildman–Crippen MR) is 44.2 cm³/mol. The van der Waals surface area contributed by atoms with Gasteiger partial charge in [0.25, 0.3) is 0 Å². The van der Waals surface area contributed by atoms with Crippen molar-refractivity contribution in [3.05, 3.63) is 36.0 Å². The van der Waals surface area contributed by atoms with Crippen LogP contribution in [0.5, 0.6) is 0 Å². The minimum atomic E-state index is 0.891. The topological polar surface area (TPSA) is 25.8 Å². The Bertz CT molecular complexity index is 315. The van der Waals surface area contributed by atoms with Gasteiger partial charge in [0.1, 0.15) is 5.01 Å². The van der Waals surface area contributed by atoms with Crippen molar-refractivity contribution in [3.63, 3.8) is 0 Å². The lowest BCUT2D eigenvalue weighted by molar-refractivity contribution is 1.29. The van der Waals surface area contributed by atoms with Gasteiger partial charge in [-0.15, -0.1) is 11.3 Å². The maximum absolute atomic E-state index is 4.14. The van der Waals surface area contributed by atoms with Crippen molar-refractivity contribution in [1.82, 2.24) is 9.97 Å². The van der Waals surface area contributed by atoms with E-state index in [1.54, 1.807) is 29.8 Å². The standard InChI is InChI=1S/C8H5N2S/c1-2-4-9-7(3-1)8-10-5-6-11-8/h2-6H. The van der Waals surface area contributed by atoms with Crippen LogP contribution in [0.3, 0.4) is 0 Å². The molecule has 2 aromatic rings. The summed E-state index contributed by atoms with van der Waals surface area (Å²) in [5, 5.41) is 2.88. The van der Waals surface area contributed by atoms with Crippen molar-refractivity contribution < 1.29 is 0 Å². The first-order valence-electron chi connectivity index (χ1n) is 3.19. The molecule has 0 spiro atoms. The lowest BCUT2D eigenvalue weighted by Crippen LogP contribution is -1.78. The molecule has 0 amide bonds. The Morgan fingerprint density at radius 1 is 1.27 bits per heavy atom. The molecule has 0 aliphatic rings. The molecule has 0 saturated carbocycles. The molecule has 11 heavy (non-hydrogen) atoms. The summed E-state index contributed by atoms with van der Waals surface area (Å²) in [6, 6.07) is 6.56. The number of thiazole rings is 1. The van der Waals surface area contributed by atoms with Gasteiger partial charge in [0.15, 0.2) is 0 Å². The first-order chi connectivity index (χ1) is 5.47. The minimum Gasteiger partial charge on any atom is -0.254 e. The molecule has 0 saturated heterocycles. The Labute approximate surface area is 68.6 Å². The van der Waals surface area contributed by atoms with Crippen LogP contribution in [0, 0.1) is 6.07 Å². The van der Waals surface area contributed by atoms with E-state index in [1.165, 1.54) is 0 Å². The van der Waals surface area contributed by atoms with Gasteiger partial charge in [-0.2, -0.15) is 0 Å². The summed E-state index contributed by atoms with van der Waals surface area (Å²) in [4.78, 5) is 8.26. The fraction of sp³-hybridized carbons (Fsp3) is 0. The first kappa shape index (κ1) is 6.49. The summed E-state index contributed by atoms with van der Waals surface area (Å²) in [5.74, 6) is 0. The number of rotatable bonds is 1. The van der Waals surface area contributed by atoms with Gasteiger partial charge in [-0.1, -0.05) is 0 Å². The predicted octanol–water partition coefficient (Wildman–Crippen LogP) is 2.01. The van der Waals surface area contributed by atoms with Crippen molar-refractivity contribution >= 4 is 11.3 Å². The van der Waals surface area contributed by atoms with E-state index in [2.05, 4.69) is 16.0 Å². The maximum Gasteiger partial charge on any atom is 0.141 e. The Morgan fingerprint density at radius 2 is 2.27 bits per heavy atom. The van der Waals surface area contributed by atoms with Gasteiger partial charge < -0.3 is 0 Å². The van der Waals surface area contributed by atoms with Crippen LogP contribution < -0.4 is 0 Å². The molecule has 3 heteroatoms. The Hall–Kier alpha value is -1.22. The molecule has 2 heterocycles. The molecule has 0 aliphatic carbocycles. The average molecular weight is 161 g/mol. The SMILES string of the molecule is [c]1ccnc(-c2nccs2)c1. The summed E-state index contributed by atoms with van der Waals surface area (Å²) in [6.45, 7) is 0. The van der Waals surface area contributed by atoms with E-state index in [0.717, 1.165) is 10.7 Å². The second kappa shape index (κ2) is 2.80. The van der Waals surface area contributed by atoms with Crippen LogP contribution >= 0.6 is 11.3 Å². The molecule has 53 valence electrons. The molecule has 0 fully saturated rings. The fourth-order valence-electron chi connectivity index (χ4n) is 0.792. The molecule has 1 radical (unpaired) electrons. The molecule has 2 rings (SSSR count). The molecule has 0 N–H and O–H groups in total.